The first-order valence-electron chi connectivity index (χ1n) is 6.76. The van der Waals surface area contributed by atoms with E-state index in [2.05, 4.69) is 35.9 Å². The zero-order valence-electron chi connectivity index (χ0n) is 11.6. The number of aryl methyl sites for hydroxylation is 3. The quantitative estimate of drug-likeness (QED) is 0.809. The molecule has 0 bridgehead atoms. The first-order chi connectivity index (χ1) is 9.11. The molecule has 0 unspecified atom stereocenters. The smallest absolute Gasteiger partial charge is 0.220 e. The number of benzene rings is 1. The van der Waals surface area contributed by atoms with E-state index in [1.807, 2.05) is 0 Å². The third-order valence-electron chi connectivity index (χ3n) is 3.48. The van der Waals surface area contributed by atoms with Crippen molar-refractivity contribution in [1.82, 2.24) is 9.97 Å². The highest BCUT2D eigenvalue weighted by Crippen LogP contribution is 2.22. The van der Waals surface area contributed by atoms with Crippen molar-refractivity contribution in [2.45, 2.75) is 39.5 Å². The molecule has 0 amide bonds. The van der Waals surface area contributed by atoms with E-state index < -0.39 is 0 Å². The van der Waals surface area contributed by atoms with Crippen molar-refractivity contribution in [2.24, 2.45) is 0 Å². The number of fused-ring (bicyclic) bond motifs is 1. The number of aliphatic hydroxyl groups is 1. The minimum Gasteiger partial charge on any atom is -0.396 e. The molecule has 0 saturated heterocycles. The Labute approximate surface area is 113 Å². The number of nitrogens with zero attached hydrogens (tertiary/aromatic N) is 2. The van der Waals surface area contributed by atoms with E-state index in [-0.39, 0.29) is 6.61 Å². The van der Waals surface area contributed by atoms with Gasteiger partial charge in [0.15, 0.2) is 0 Å². The van der Waals surface area contributed by atoms with Crippen LogP contribution in [0.1, 0.15) is 36.1 Å². The van der Waals surface area contributed by atoms with Gasteiger partial charge in [-0.05, 0) is 56.4 Å². The van der Waals surface area contributed by atoms with Crippen LogP contribution in [-0.4, -0.2) is 21.7 Å². The van der Waals surface area contributed by atoms with Crippen molar-refractivity contribution in [1.29, 1.82) is 0 Å². The van der Waals surface area contributed by atoms with Crippen molar-refractivity contribution in [3.05, 3.63) is 29.0 Å². The summed E-state index contributed by atoms with van der Waals surface area (Å²) < 4.78 is 0. The summed E-state index contributed by atoms with van der Waals surface area (Å²) in [5, 5.41) is 9.90. The molecule has 4 heteroatoms. The summed E-state index contributed by atoms with van der Waals surface area (Å²) in [5.41, 5.74) is 10.2. The van der Waals surface area contributed by atoms with E-state index in [0.29, 0.717) is 5.95 Å². The first-order valence-corrected chi connectivity index (χ1v) is 6.76. The van der Waals surface area contributed by atoms with E-state index in [4.69, 9.17) is 10.8 Å². The molecule has 2 aromatic rings. The van der Waals surface area contributed by atoms with Gasteiger partial charge in [0.05, 0.1) is 11.2 Å². The van der Waals surface area contributed by atoms with Gasteiger partial charge < -0.3 is 10.8 Å². The highest BCUT2D eigenvalue weighted by atomic mass is 16.2. The number of hydrogen-bond donors (Lipinski definition) is 2. The van der Waals surface area contributed by atoms with Crippen molar-refractivity contribution in [3.8, 4) is 0 Å². The molecule has 1 heterocycles. The molecule has 19 heavy (non-hydrogen) atoms. The molecule has 102 valence electrons. The van der Waals surface area contributed by atoms with Gasteiger partial charge >= 0.3 is 0 Å². The largest absolute Gasteiger partial charge is 0.396 e. The Morgan fingerprint density at radius 3 is 2.53 bits per heavy atom. The maximum Gasteiger partial charge on any atom is 0.220 e. The van der Waals surface area contributed by atoms with E-state index >= 15 is 0 Å². The van der Waals surface area contributed by atoms with Crippen LogP contribution < -0.4 is 5.73 Å². The zero-order valence-corrected chi connectivity index (χ0v) is 11.6. The molecule has 1 aromatic heterocycles. The van der Waals surface area contributed by atoms with Crippen LogP contribution in [0.3, 0.4) is 0 Å². The second-order valence-corrected chi connectivity index (χ2v) is 5.02. The summed E-state index contributed by atoms with van der Waals surface area (Å²) in [6.45, 7) is 4.43. The van der Waals surface area contributed by atoms with E-state index in [9.17, 15) is 0 Å². The first kappa shape index (κ1) is 13.7. The molecular formula is C15H21N3O. The van der Waals surface area contributed by atoms with Crippen LogP contribution in [0.5, 0.6) is 0 Å². The van der Waals surface area contributed by atoms with Crippen molar-refractivity contribution in [3.63, 3.8) is 0 Å². The minimum absolute atomic E-state index is 0.255. The van der Waals surface area contributed by atoms with Crippen LogP contribution in [0, 0.1) is 13.8 Å². The normalized spacial score (nSPS) is 11.1. The second kappa shape index (κ2) is 5.97. The molecule has 0 atom stereocenters. The SMILES string of the molecule is Cc1cc2nc(N)nc(CCCCCO)c2cc1C. The fraction of sp³-hybridized carbons (Fsp3) is 0.467. The van der Waals surface area contributed by atoms with Crippen LogP contribution >= 0.6 is 0 Å². The predicted octanol–water partition coefficient (Wildman–Crippen LogP) is 2.53. The van der Waals surface area contributed by atoms with Crippen LogP contribution in [0.4, 0.5) is 5.95 Å². The van der Waals surface area contributed by atoms with Gasteiger partial charge in [0.25, 0.3) is 0 Å². The molecule has 0 fully saturated rings. The van der Waals surface area contributed by atoms with Gasteiger partial charge in [0.1, 0.15) is 0 Å². The predicted molar refractivity (Wildman–Crippen MR) is 78.1 cm³/mol. The third-order valence-corrected chi connectivity index (χ3v) is 3.48. The van der Waals surface area contributed by atoms with E-state index in [1.165, 1.54) is 11.1 Å². The number of rotatable bonds is 5. The van der Waals surface area contributed by atoms with Crippen LogP contribution in [0.25, 0.3) is 10.9 Å². The average Bonchev–Trinajstić information content (AvgIpc) is 2.36. The molecule has 0 saturated carbocycles. The summed E-state index contributed by atoms with van der Waals surface area (Å²) >= 11 is 0. The highest BCUT2D eigenvalue weighted by Gasteiger charge is 2.08. The maximum absolute atomic E-state index is 8.80. The van der Waals surface area contributed by atoms with Gasteiger partial charge in [-0.2, -0.15) is 0 Å². The van der Waals surface area contributed by atoms with Crippen molar-refractivity contribution < 1.29 is 5.11 Å². The lowest BCUT2D eigenvalue weighted by atomic mass is 10.0. The fourth-order valence-corrected chi connectivity index (χ4v) is 2.24. The third kappa shape index (κ3) is 3.20. The van der Waals surface area contributed by atoms with E-state index in [1.54, 1.807) is 0 Å². The molecule has 0 spiro atoms. The van der Waals surface area contributed by atoms with Gasteiger partial charge in [0.2, 0.25) is 5.95 Å². The topological polar surface area (TPSA) is 72.0 Å². The Balaban J connectivity index is 2.33. The number of nitrogens with two attached hydrogens (primary N) is 1. The molecule has 0 aliphatic carbocycles. The van der Waals surface area contributed by atoms with Crippen molar-refractivity contribution >= 4 is 16.9 Å². The lowest BCUT2D eigenvalue weighted by Gasteiger charge is -2.09. The number of nitrogen functional groups attached to an aromatic ring is 1. The lowest BCUT2D eigenvalue weighted by Crippen LogP contribution is -2.02. The number of hydrogen-bond acceptors (Lipinski definition) is 4. The van der Waals surface area contributed by atoms with Gasteiger partial charge in [-0.3, -0.25) is 0 Å². The number of anilines is 1. The molecule has 1 aromatic carbocycles. The summed E-state index contributed by atoms with van der Waals surface area (Å²) in [6, 6.07) is 4.21. The minimum atomic E-state index is 0.255. The Morgan fingerprint density at radius 1 is 1.05 bits per heavy atom. The number of unbranched alkanes of at least 4 members (excludes halogenated alkanes) is 2. The van der Waals surface area contributed by atoms with Crippen LogP contribution in [-0.2, 0) is 6.42 Å². The summed E-state index contributed by atoms with van der Waals surface area (Å²) in [4.78, 5) is 8.68. The maximum atomic E-state index is 8.80. The van der Waals surface area contributed by atoms with Gasteiger partial charge in [-0.25, -0.2) is 9.97 Å². The molecule has 0 radical (unpaired) electrons. The molecule has 0 aliphatic rings. The van der Waals surface area contributed by atoms with Gasteiger partial charge in [0, 0.05) is 12.0 Å². The molecule has 4 nitrogen and oxygen atoms in total. The number of aromatic nitrogens is 2. The van der Waals surface area contributed by atoms with Gasteiger partial charge in [-0.15, -0.1) is 0 Å². The lowest BCUT2D eigenvalue weighted by molar-refractivity contribution is 0.283. The molecule has 3 N–H and O–H groups in total. The summed E-state index contributed by atoms with van der Waals surface area (Å²) in [5.74, 6) is 0.341. The van der Waals surface area contributed by atoms with Crippen LogP contribution in [0.15, 0.2) is 12.1 Å². The molecule has 2 rings (SSSR count). The van der Waals surface area contributed by atoms with Crippen LogP contribution in [0.2, 0.25) is 0 Å². The fourth-order valence-electron chi connectivity index (χ4n) is 2.24. The summed E-state index contributed by atoms with van der Waals surface area (Å²) in [7, 11) is 0. The Kier molecular flexibility index (Phi) is 4.32. The Bertz CT molecular complexity index is 581. The zero-order chi connectivity index (χ0) is 13.8. The van der Waals surface area contributed by atoms with Gasteiger partial charge in [-0.1, -0.05) is 6.42 Å². The number of aliphatic hydroxyl groups excluding tert-OH is 1. The van der Waals surface area contributed by atoms with E-state index in [0.717, 1.165) is 42.3 Å². The molecular weight excluding hydrogens is 238 g/mol. The second-order valence-electron chi connectivity index (χ2n) is 5.02. The summed E-state index contributed by atoms with van der Waals surface area (Å²) in [6.07, 6.45) is 3.74. The Hall–Kier alpha value is -1.68. The average molecular weight is 259 g/mol. The highest BCUT2D eigenvalue weighted by molar-refractivity contribution is 5.83. The Morgan fingerprint density at radius 2 is 1.79 bits per heavy atom. The standard InChI is InChI=1S/C15H21N3O/c1-10-8-12-13(6-4-3-5-7-19)17-15(16)18-14(12)9-11(10)2/h8-9,19H,3-7H2,1-2H3,(H2,16,17,18). The molecule has 0 aliphatic heterocycles. The monoisotopic (exact) mass is 259 g/mol. The van der Waals surface area contributed by atoms with Crippen molar-refractivity contribution in [2.75, 3.05) is 12.3 Å².